The van der Waals surface area contributed by atoms with Gasteiger partial charge in [-0.1, -0.05) is 48.5 Å². The van der Waals surface area contributed by atoms with Crippen molar-refractivity contribution in [3.8, 4) is 11.3 Å². The van der Waals surface area contributed by atoms with E-state index in [4.69, 9.17) is 0 Å². The number of hydrogen-bond donors (Lipinski definition) is 0. The second-order valence-electron chi connectivity index (χ2n) is 7.51. The van der Waals surface area contributed by atoms with Crippen LogP contribution in [0.25, 0.3) is 43.6 Å². The zero-order chi connectivity index (χ0) is 20.1. The van der Waals surface area contributed by atoms with Gasteiger partial charge in [0.05, 0.1) is 5.69 Å². The number of rotatable bonds is 2. The number of nitrogens with zero attached hydrogens (tertiary/aromatic N) is 1. The topological polar surface area (TPSA) is 12.9 Å². The summed E-state index contributed by atoms with van der Waals surface area (Å²) in [5.41, 5.74) is 4.00. The third kappa shape index (κ3) is 2.77. The van der Waals surface area contributed by atoms with Crippen LogP contribution in [0.3, 0.4) is 0 Å². The van der Waals surface area contributed by atoms with Crippen LogP contribution in [0.2, 0.25) is 0 Å². The first-order chi connectivity index (χ1) is 14.0. The molecular formula is C26H19F2N. The van der Waals surface area contributed by atoms with Crippen LogP contribution >= 0.6 is 0 Å². The van der Waals surface area contributed by atoms with Gasteiger partial charge in [-0.3, -0.25) is 4.98 Å². The van der Waals surface area contributed by atoms with E-state index in [9.17, 15) is 8.78 Å². The summed E-state index contributed by atoms with van der Waals surface area (Å²) in [6.45, 7) is 4.24. The molecule has 1 heterocycles. The fourth-order valence-corrected chi connectivity index (χ4v) is 4.22. The minimum absolute atomic E-state index is 0.0455. The number of hydrogen-bond acceptors (Lipinski definition) is 1. The molecule has 0 aliphatic rings. The van der Waals surface area contributed by atoms with Crippen molar-refractivity contribution in [2.24, 2.45) is 0 Å². The molecule has 29 heavy (non-hydrogen) atoms. The van der Waals surface area contributed by atoms with Crippen molar-refractivity contribution >= 4 is 32.3 Å². The average molecular weight is 383 g/mol. The molecule has 0 N–H and O–H groups in total. The van der Waals surface area contributed by atoms with Crippen LogP contribution in [-0.2, 0) is 0 Å². The Balaban J connectivity index is 1.84. The summed E-state index contributed by atoms with van der Waals surface area (Å²) in [4.78, 5) is 4.59. The summed E-state index contributed by atoms with van der Waals surface area (Å²) in [5.74, 6) is 0. The summed E-state index contributed by atoms with van der Waals surface area (Å²) in [6.07, 6.45) is -0.773. The largest absolute Gasteiger partial charge is 0.264 e. The third-order valence-corrected chi connectivity index (χ3v) is 5.88. The van der Waals surface area contributed by atoms with Gasteiger partial charge in [0.25, 0.3) is 6.43 Å². The second-order valence-corrected chi connectivity index (χ2v) is 7.51. The van der Waals surface area contributed by atoms with Crippen LogP contribution in [0.5, 0.6) is 0 Å². The molecule has 0 spiro atoms. The summed E-state index contributed by atoms with van der Waals surface area (Å²) in [7, 11) is 0. The maximum Gasteiger partial charge on any atom is 0.264 e. The fourth-order valence-electron chi connectivity index (χ4n) is 4.22. The highest BCUT2D eigenvalue weighted by Crippen LogP contribution is 2.37. The Morgan fingerprint density at radius 1 is 0.724 bits per heavy atom. The maximum absolute atomic E-state index is 13.8. The molecule has 1 aromatic heterocycles. The van der Waals surface area contributed by atoms with E-state index >= 15 is 0 Å². The van der Waals surface area contributed by atoms with E-state index in [1.54, 1.807) is 24.4 Å². The van der Waals surface area contributed by atoms with Crippen molar-refractivity contribution in [1.82, 2.24) is 4.98 Å². The molecule has 0 aliphatic heterocycles. The van der Waals surface area contributed by atoms with Crippen molar-refractivity contribution in [2.75, 3.05) is 0 Å². The number of halogens is 2. The molecule has 0 atom stereocenters. The Hall–Kier alpha value is -3.33. The second kappa shape index (κ2) is 6.63. The number of pyridine rings is 1. The first kappa shape index (κ1) is 17.7. The Morgan fingerprint density at radius 2 is 1.45 bits per heavy atom. The van der Waals surface area contributed by atoms with E-state index in [1.165, 1.54) is 16.5 Å². The zero-order valence-electron chi connectivity index (χ0n) is 16.2. The summed E-state index contributed by atoms with van der Waals surface area (Å²) < 4.78 is 27.6. The van der Waals surface area contributed by atoms with Crippen molar-refractivity contribution in [2.45, 2.75) is 20.3 Å². The van der Waals surface area contributed by atoms with Gasteiger partial charge >= 0.3 is 0 Å². The first-order valence-electron chi connectivity index (χ1n) is 9.63. The van der Waals surface area contributed by atoms with Crippen molar-refractivity contribution in [1.29, 1.82) is 0 Å². The van der Waals surface area contributed by atoms with Gasteiger partial charge in [0.2, 0.25) is 0 Å². The number of aromatic nitrogens is 1. The first-order valence-corrected chi connectivity index (χ1v) is 9.63. The van der Waals surface area contributed by atoms with Crippen molar-refractivity contribution in [3.63, 3.8) is 0 Å². The molecule has 0 unspecified atom stereocenters. The number of alkyl halides is 2. The van der Waals surface area contributed by atoms with Gasteiger partial charge in [-0.25, -0.2) is 8.78 Å². The van der Waals surface area contributed by atoms with Crippen LogP contribution < -0.4 is 0 Å². The predicted molar refractivity (Wildman–Crippen MR) is 117 cm³/mol. The molecule has 142 valence electrons. The lowest BCUT2D eigenvalue weighted by atomic mass is 9.93. The molecule has 0 bridgehead atoms. The Morgan fingerprint density at radius 3 is 2.28 bits per heavy atom. The Labute approximate surface area is 167 Å². The third-order valence-electron chi connectivity index (χ3n) is 5.88. The van der Waals surface area contributed by atoms with Gasteiger partial charge in [-0.15, -0.1) is 0 Å². The predicted octanol–water partition coefficient (Wildman–Crippen LogP) is 7.76. The highest BCUT2D eigenvalue weighted by Gasteiger charge is 2.16. The molecule has 4 aromatic carbocycles. The zero-order valence-corrected chi connectivity index (χ0v) is 16.2. The highest BCUT2D eigenvalue weighted by molar-refractivity contribution is 6.12. The SMILES string of the molecule is Cc1ccc2c(ccc3c(-c4cc(C(F)F)c5ccccc5c4)nccc32)c1C. The normalized spacial score (nSPS) is 11.8. The van der Waals surface area contributed by atoms with Gasteiger partial charge in [-0.2, -0.15) is 0 Å². The van der Waals surface area contributed by atoms with E-state index in [2.05, 4.69) is 43.1 Å². The highest BCUT2D eigenvalue weighted by atomic mass is 19.3. The van der Waals surface area contributed by atoms with Crippen LogP contribution in [0.1, 0.15) is 23.1 Å². The lowest BCUT2D eigenvalue weighted by molar-refractivity contribution is 0.153. The molecule has 0 saturated heterocycles. The quantitative estimate of drug-likeness (QED) is 0.284. The van der Waals surface area contributed by atoms with Crippen LogP contribution in [-0.4, -0.2) is 4.98 Å². The molecule has 5 aromatic rings. The van der Waals surface area contributed by atoms with E-state index in [0.29, 0.717) is 10.9 Å². The average Bonchev–Trinajstić information content (AvgIpc) is 2.74. The molecule has 0 aliphatic carbocycles. The molecular weight excluding hydrogens is 364 g/mol. The summed E-state index contributed by atoms with van der Waals surface area (Å²) >= 11 is 0. The van der Waals surface area contributed by atoms with E-state index < -0.39 is 6.43 Å². The molecule has 3 heteroatoms. The maximum atomic E-state index is 13.8. The van der Waals surface area contributed by atoms with E-state index in [-0.39, 0.29) is 5.56 Å². The molecule has 0 radical (unpaired) electrons. The Bertz CT molecular complexity index is 1400. The van der Waals surface area contributed by atoms with Gasteiger partial charge in [-0.05, 0) is 70.1 Å². The standard InChI is InChI=1S/C26H19F2N/c1-15-7-8-21-19(16(15)2)9-10-23-22(21)11-12-29-25(23)18-13-17-5-3-4-6-20(17)24(14-18)26(27)28/h3-14,26H,1-2H3. The number of aryl methyl sites for hydroxylation is 2. The van der Waals surface area contributed by atoms with Gasteiger partial charge in [0, 0.05) is 22.7 Å². The fraction of sp³-hybridized carbons (Fsp3) is 0.115. The lowest BCUT2D eigenvalue weighted by Gasteiger charge is -2.13. The van der Waals surface area contributed by atoms with Gasteiger partial charge < -0.3 is 0 Å². The monoisotopic (exact) mass is 383 g/mol. The van der Waals surface area contributed by atoms with Crippen molar-refractivity contribution in [3.05, 3.63) is 89.6 Å². The van der Waals surface area contributed by atoms with Gasteiger partial charge in [0.1, 0.15) is 0 Å². The van der Waals surface area contributed by atoms with Crippen molar-refractivity contribution < 1.29 is 8.78 Å². The summed E-state index contributed by atoms with van der Waals surface area (Å²) in [6, 6.07) is 21.3. The van der Waals surface area contributed by atoms with Crippen LogP contribution in [0.15, 0.2) is 72.9 Å². The van der Waals surface area contributed by atoms with Crippen LogP contribution in [0, 0.1) is 13.8 Å². The van der Waals surface area contributed by atoms with E-state index in [1.807, 2.05) is 24.3 Å². The minimum Gasteiger partial charge on any atom is -0.256 e. The number of benzene rings is 4. The molecule has 0 saturated carbocycles. The van der Waals surface area contributed by atoms with Crippen LogP contribution in [0.4, 0.5) is 8.78 Å². The summed E-state index contributed by atoms with van der Waals surface area (Å²) in [5, 5.41) is 5.81. The lowest BCUT2D eigenvalue weighted by Crippen LogP contribution is -1.93. The Kier molecular flexibility index (Phi) is 4.06. The van der Waals surface area contributed by atoms with Gasteiger partial charge in [0.15, 0.2) is 0 Å². The molecule has 0 fully saturated rings. The molecule has 1 nitrogen and oxygen atoms in total. The molecule has 5 rings (SSSR count). The minimum atomic E-state index is -2.54. The molecule has 0 amide bonds. The smallest absolute Gasteiger partial charge is 0.256 e. The van der Waals surface area contributed by atoms with E-state index in [0.717, 1.165) is 27.2 Å². The number of fused-ring (bicyclic) bond motifs is 4.